The van der Waals surface area contributed by atoms with E-state index in [0.29, 0.717) is 5.76 Å². The van der Waals surface area contributed by atoms with Gasteiger partial charge in [0, 0.05) is 24.1 Å². The molecule has 0 saturated heterocycles. The summed E-state index contributed by atoms with van der Waals surface area (Å²) < 4.78 is 13.1. The molecule has 1 unspecified atom stereocenters. The molecule has 4 aromatic rings. The van der Waals surface area contributed by atoms with Crippen molar-refractivity contribution in [3.8, 4) is 11.4 Å². The molecule has 1 atom stereocenters. The first-order chi connectivity index (χ1) is 15.5. The number of nitrogens with one attached hydrogen (secondary N) is 1. The predicted molar refractivity (Wildman–Crippen MR) is 118 cm³/mol. The van der Waals surface area contributed by atoms with Crippen LogP contribution in [0, 0.1) is 10.1 Å². The van der Waals surface area contributed by atoms with E-state index >= 15 is 0 Å². The van der Waals surface area contributed by atoms with Crippen LogP contribution in [0.3, 0.4) is 0 Å². The second-order valence-corrected chi connectivity index (χ2v) is 7.16. The molecular formula is C24H21N3O5. The second-order valence-electron chi connectivity index (χ2n) is 7.16. The Balaban J connectivity index is 1.39. The summed E-state index contributed by atoms with van der Waals surface area (Å²) in [4.78, 5) is 23.2. The molecule has 0 aliphatic carbocycles. The van der Waals surface area contributed by atoms with Crippen LogP contribution in [0.4, 0.5) is 5.69 Å². The van der Waals surface area contributed by atoms with Crippen LogP contribution < -0.4 is 10.1 Å². The summed E-state index contributed by atoms with van der Waals surface area (Å²) in [5.41, 5.74) is 1.82. The molecule has 0 aliphatic rings. The first kappa shape index (κ1) is 20.9. The van der Waals surface area contributed by atoms with Crippen molar-refractivity contribution in [2.24, 2.45) is 0 Å². The molecule has 2 aromatic carbocycles. The molecular weight excluding hydrogens is 410 g/mol. The van der Waals surface area contributed by atoms with E-state index in [9.17, 15) is 14.9 Å². The van der Waals surface area contributed by atoms with Crippen molar-refractivity contribution in [2.45, 2.75) is 19.6 Å². The minimum absolute atomic E-state index is 0.0351. The van der Waals surface area contributed by atoms with Crippen LogP contribution >= 0.6 is 0 Å². The minimum Gasteiger partial charge on any atom is -0.479 e. The number of hydrogen-bond acceptors (Lipinski definition) is 5. The number of para-hydroxylation sites is 2. The lowest BCUT2D eigenvalue weighted by Gasteiger charge is -2.15. The molecule has 8 heteroatoms. The number of amides is 1. The molecule has 8 nitrogen and oxygen atoms in total. The fourth-order valence-corrected chi connectivity index (χ4v) is 3.27. The van der Waals surface area contributed by atoms with Crippen LogP contribution in [0.1, 0.15) is 34.8 Å². The van der Waals surface area contributed by atoms with E-state index in [2.05, 4.69) is 5.32 Å². The zero-order chi connectivity index (χ0) is 22.5. The first-order valence-electron chi connectivity index (χ1n) is 10.0. The number of carbonyl (C=O) groups is 1. The van der Waals surface area contributed by atoms with Crippen LogP contribution in [-0.2, 0) is 6.61 Å². The fourth-order valence-electron chi connectivity index (χ4n) is 3.27. The molecule has 162 valence electrons. The van der Waals surface area contributed by atoms with Crippen molar-refractivity contribution < 1.29 is 18.9 Å². The lowest BCUT2D eigenvalue weighted by molar-refractivity contribution is -0.386. The maximum Gasteiger partial charge on any atom is 0.310 e. The highest BCUT2D eigenvalue weighted by atomic mass is 16.6. The molecule has 0 spiro atoms. The van der Waals surface area contributed by atoms with E-state index in [0.717, 1.165) is 11.3 Å². The number of benzene rings is 2. The van der Waals surface area contributed by atoms with Crippen molar-refractivity contribution in [1.29, 1.82) is 0 Å². The summed E-state index contributed by atoms with van der Waals surface area (Å²) >= 11 is 0. The fraction of sp³-hybridized carbons (Fsp3) is 0.125. The standard InChI is InChI=1S/C24H21N3O5/c1-17(18-7-6-8-19(15-18)26-13-4-5-14-26)25-24(28)23-12-11-20(32-23)16-31-22-10-3-2-9-21(22)27(29)30/h2-15,17H,16H2,1H3,(H,25,28). The molecule has 1 N–H and O–H groups in total. The monoisotopic (exact) mass is 431 g/mol. The zero-order valence-electron chi connectivity index (χ0n) is 17.3. The normalized spacial score (nSPS) is 11.7. The lowest BCUT2D eigenvalue weighted by Crippen LogP contribution is -2.26. The van der Waals surface area contributed by atoms with Crippen LogP contribution in [0.5, 0.6) is 5.75 Å². The van der Waals surface area contributed by atoms with Gasteiger partial charge in [-0.05, 0) is 55.0 Å². The molecule has 32 heavy (non-hydrogen) atoms. The quantitative estimate of drug-likeness (QED) is 0.311. The van der Waals surface area contributed by atoms with Crippen LogP contribution in [0.2, 0.25) is 0 Å². The van der Waals surface area contributed by atoms with Gasteiger partial charge in [-0.15, -0.1) is 0 Å². The third-order valence-electron chi connectivity index (χ3n) is 4.94. The number of carbonyl (C=O) groups excluding carboxylic acids is 1. The molecule has 4 rings (SSSR count). The highest BCUT2D eigenvalue weighted by Crippen LogP contribution is 2.27. The van der Waals surface area contributed by atoms with Crippen molar-refractivity contribution in [1.82, 2.24) is 9.88 Å². The van der Waals surface area contributed by atoms with E-state index in [1.165, 1.54) is 12.1 Å². The average molecular weight is 431 g/mol. The van der Waals surface area contributed by atoms with Gasteiger partial charge < -0.3 is 19.0 Å². The highest BCUT2D eigenvalue weighted by molar-refractivity contribution is 5.91. The summed E-state index contributed by atoms with van der Waals surface area (Å²) in [6, 6.07) is 20.8. The summed E-state index contributed by atoms with van der Waals surface area (Å²) in [5, 5.41) is 14.0. The summed E-state index contributed by atoms with van der Waals surface area (Å²) in [7, 11) is 0. The van der Waals surface area contributed by atoms with Gasteiger partial charge in [-0.3, -0.25) is 14.9 Å². The van der Waals surface area contributed by atoms with Crippen LogP contribution in [0.15, 0.2) is 89.6 Å². The van der Waals surface area contributed by atoms with Crippen molar-refractivity contribution in [3.05, 3.63) is 112 Å². The third kappa shape index (κ3) is 4.70. The molecule has 2 heterocycles. The van der Waals surface area contributed by atoms with Gasteiger partial charge in [0.1, 0.15) is 12.4 Å². The number of ether oxygens (including phenoxy) is 1. The average Bonchev–Trinajstić information content (AvgIpc) is 3.50. The van der Waals surface area contributed by atoms with Crippen molar-refractivity contribution in [3.63, 3.8) is 0 Å². The lowest BCUT2D eigenvalue weighted by atomic mass is 10.1. The van der Waals surface area contributed by atoms with E-state index in [1.54, 1.807) is 24.3 Å². The summed E-state index contributed by atoms with van der Waals surface area (Å²) in [5.74, 6) is 0.298. The molecule has 0 radical (unpaired) electrons. The number of furan rings is 1. The Morgan fingerprint density at radius 2 is 1.88 bits per heavy atom. The number of aromatic nitrogens is 1. The summed E-state index contributed by atoms with van der Waals surface area (Å²) in [6.07, 6.45) is 3.91. The van der Waals surface area contributed by atoms with Gasteiger partial charge in [-0.2, -0.15) is 0 Å². The maximum absolute atomic E-state index is 12.6. The van der Waals surface area contributed by atoms with Gasteiger partial charge in [0.15, 0.2) is 11.5 Å². The Hall–Kier alpha value is -4.33. The van der Waals surface area contributed by atoms with Gasteiger partial charge in [0.25, 0.3) is 5.91 Å². The van der Waals surface area contributed by atoms with Gasteiger partial charge in [-0.25, -0.2) is 0 Å². The number of nitro benzene ring substituents is 1. The van der Waals surface area contributed by atoms with Gasteiger partial charge in [-0.1, -0.05) is 24.3 Å². The zero-order valence-corrected chi connectivity index (χ0v) is 17.3. The first-order valence-corrected chi connectivity index (χ1v) is 10.0. The van der Waals surface area contributed by atoms with Crippen molar-refractivity contribution in [2.75, 3.05) is 0 Å². The van der Waals surface area contributed by atoms with Gasteiger partial charge >= 0.3 is 5.69 Å². The smallest absolute Gasteiger partial charge is 0.310 e. The Morgan fingerprint density at radius 1 is 1.09 bits per heavy atom. The van der Waals surface area contributed by atoms with E-state index in [4.69, 9.17) is 9.15 Å². The highest BCUT2D eigenvalue weighted by Gasteiger charge is 2.17. The topological polar surface area (TPSA) is 99.5 Å². The number of nitro groups is 1. The van der Waals surface area contributed by atoms with E-state index in [-0.39, 0.29) is 35.8 Å². The Labute approximate surface area is 184 Å². The Kier molecular flexibility index (Phi) is 6.03. The molecule has 0 aliphatic heterocycles. The van der Waals surface area contributed by atoms with E-state index in [1.807, 2.05) is 60.3 Å². The Bertz CT molecular complexity index is 1230. The summed E-state index contributed by atoms with van der Waals surface area (Å²) in [6.45, 7) is 1.86. The largest absolute Gasteiger partial charge is 0.479 e. The SMILES string of the molecule is CC(NC(=O)c1ccc(COc2ccccc2[N+](=O)[O-])o1)c1cccc(-n2cccc2)c1. The van der Waals surface area contributed by atoms with Crippen LogP contribution in [-0.4, -0.2) is 15.4 Å². The number of rotatable bonds is 8. The third-order valence-corrected chi connectivity index (χ3v) is 4.94. The van der Waals surface area contributed by atoms with E-state index < -0.39 is 4.92 Å². The number of nitrogens with zero attached hydrogens (tertiary/aromatic N) is 2. The molecule has 2 aromatic heterocycles. The molecule has 1 amide bonds. The second kappa shape index (κ2) is 9.22. The molecule has 0 fully saturated rings. The number of hydrogen-bond donors (Lipinski definition) is 1. The molecule has 0 bridgehead atoms. The molecule has 0 saturated carbocycles. The van der Waals surface area contributed by atoms with Crippen LogP contribution in [0.25, 0.3) is 5.69 Å². The van der Waals surface area contributed by atoms with Gasteiger partial charge in [0.05, 0.1) is 11.0 Å². The predicted octanol–water partition coefficient (Wildman–Crippen LogP) is 5.05. The van der Waals surface area contributed by atoms with Gasteiger partial charge in [0.2, 0.25) is 0 Å². The minimum atomic E-state index is -0.511. The Morgan fingerprint density at radius 3 is 2.66 bits per heavy atom. The van der Waals surface area contributed by atoms with Crippen molar-refractivity contribution >= 4 is 11.6 Å². The maximum atomic E-state index is 12.6.